The summed E-state index contributed by atoms with van der Waals surface area (Å²) in [5.41, 5.74) is 3.70. The number of halogens is 1. The van der Waals surface area contributed by atoms with Crippen LogP contribution in [0.3, 0.4) is 0 Å². The third kappa shape index (κ3) is 3.33. The largest absolute Gasteiger partial charge is 0.344 e. The first kappa shape index (κ1) is 14.5. The lowest BCUT2D eigenvalue weighted by atomic mass is 10.0. The highest BCUT2D eigenvalue weighted by Gasteiger charge is 2.14. The van der Waals surface area contributed by atoms with Crippen LogP contribution in [0.15, 0.2) is 30.6 Å². The number of nitrogens with zero attached hydrogens (tertiary/aromatic N) is 2. The quantitative estimate of drug-likeness (QED) is 0.944. The molecule has 1 aromatic carbocycles. The van der Waals surface area contributed by atoms with Gasteiger partial charge in [-0.25, -0.2) is 9.97 Å². The van der Waals surface area contributed by atoms with E-state index in [1.165, 1.54) is 18.0 Å². The molecular formula is C15H16ClN3O. The lowest BCUT2D eigenvalue weighted by Crippen LogP contribution is -2.28. The van der Waals surface area contributed by atoms with Crippen LogP contribution in [0.5, 0.6) is 0 Å². The molecule has 104 valence electrons. The lowest BCUT2D eigenvalue weighted by Gasteiger charge is -2.16. The van der Waals surface area contributed by atoms with E-state index in [2.05, 4.69) is 21.4 Å². The summed E-state index contributed by atoms with van der Waals surface area (Å²) in [6, 6.07) is 6.07. The van der Waals surface area contributed by atoms with E-state index in [1.54, 1.807) is 0 Å². The minimum atomic E-state index is -0.262. The van der Waals surface area contributed by atoms with Crippen molar-refractivity contribution in [3.63, 3.8) is 0 Å². The van der Waals surface area contributed by atoms with Crippen molar-refractivity contribution in [1.82, 2.24) is 15.3 Å². The molecule has 0 radical (unpaired) electrons. The molecule has 0 fully saturated rings. The van der Waals surface area contributed by atoms with Crippen molar-refractivity contribution < 1.29 is 4.79 Å². The molecule has 0 saturated carbocycles. The minimum absolute atomic E-state index is 0.0967. The van der Waals surface area contributed by atoms with E-state index in [4.69, 9.17) is 11.6 Å². The first-order chi connectivity index (χ1) is 9.47. The number of hydrogen-bond acceptors (Lipinski definition) is 3. The SMILES string of the molecule is Cc1ccc(C(C)NC(=O)c2cnc(Cl)cn2)c(C)c1. The Balaban J connectivity index is 2.12. The molecule has 4 nitrogen and oxygen atoms in total. The Labute approximate surface area is 123 Å². The zero-order valence-electron chi connectivity index (χ0n) is 11.6. The molecule has 1 amide bonds. The summed E-state index contributed by atoms with van der Waals surface area (Å²) in [4.78, 5) is 19.9. The van der Waals surface area contributed by atoms with E-state index in [-0.39, 0.29) is 22.8 Å². The van der Waals surface area contributed by atoms with Gasteiger partial charge >= 0.3 is 0 Å². The van der Waals surface area contributed by atoms with Crippen molar-refractivity contribution in [3.8, 4) is 0 Å². The van der Waals surface area contributed by atoms with Crippen molar-refractivity contribution in [2.45, 2.75) is 26.8 Å². The molecule has 2 rings (SSSR count). The van der Waals surface area contributed by atoms with Crippen LogP contribution in [-0.2, 0) is 0 Å². The highest BCUT2D eigenvalue weighted by molar-refractivity contribution is 6.29. The number of aryl methyl sites for hydroxylation is 2. The first-order valence-corrected chi connectivity index (χ1v) is 6.70. The Morgan fingerprint density at radius 3 is 2.60 bits per heavy atom. The monoisotopic (exact) mass is 289 g/mol. The topological polar surface area (TPSA) is 54.9 Å². The van der Waals surface area contributed by atoms with Crippen molar-refractivity contribution in [2.24, 2.45) is 0 Å². The fourth-order valence-corrected chi connectivity index (χ4v) is 2.19. The van der Waals surface area contributed by atoms with E-state index >= 15 is 0 Å². The number of aromatic nitrogens is 2. The molecule has 2 aromatic rings. The van der Waals surface area contributed by atoms with Gasteiger partial charge in [-0.15, -0.1) is 0 Å². The highest BCUT2D eigenvalue weighted by Crippen LogP contribution is 2.18. The predicted molar refractivity (Wildman–Crippen MR) is 78.8 cm³/mol. The van der Waals surface area contributed by atoms with Gasteiger partial charge in [-0.2, -0.15) is 0 Å². The average molecular weight is 290 g/mol. The second-order valence-corrected chi connectivity index (χ2v) is 5.17. The Kier molecular flexibility index (Phi) is 4.35. The number of carbonyl (C=O) groups excluding carboxylic acids is 1. The molecule has 5 heteroatoms. The predicted octanol–water partition coefficient (Wildman–Crippen LogP) is 3.24. The van der Waals surface area contributed by atoms with E-state index in [1.807, 2.05) is 32.9 Å². The molecular weight excluding hydrogens is 274 g/mol. The summed E-state index contributed by atoms with van der Waals surface area (Å²) >= 11 is 5.65. The molecule has 1 atom stereocenters. The van der Waals surface area contributed by atoms with Crippen LogP contribution in [0.1, 0.15) is 40.1 Å². The fourth-order valence-electron chi connectivity index (χ4n) is 2.09. The van der Waals surface area contributed by atoms with Gasteiger partial charge in [0.25, 0.3) is 5.91 Å². The maximum atomic E-state index is 12.1. The molecule has 0 saturated heterocycles. The smallest absolute Gasteiger partial charge is 0.271 e. The van der Waals surface area contributed by atoms with Gasteiger partial charge in [0, 0.05) is 0 Å². The van der Waals surface area contributed by atoms with E-state index in [0.717, 1.165) is 11.1 Å². The maximum absolute atomic E-state index is 12.1. The Hall–Kier alpha value is -1.94. The van der Waals surface area contributed by atoms with Gasteiger partial charge in [-0.05, 0) is 31.9 Å². The lowest BCUT2D eigenvalue weighted by molar-refractivity contribution is 0.0934. The van der Waals surface area contributed by atoms with Gasteiger partial charge in [-0.3, -0.25) is 4.79 Å². The van der Waals surface area contributed by atoms with Crippen molar-refractivity contribution in [2.75, 3.05) is 0 Å². The number of rotatable bonds is 3. The molecule has 20 heavy (non-hydrogen) atoms. The molecule has 0 aliphatic carbocycles. The van der Waals surface area contributed by atoms with Crippen LogP contribution < -0.4 is 5.32 Å². The molecule has 0 spiro atoms. The summed E-state index contributed by atoms with van der Waals surface area (Å²) in [5, 5.41) is 3.18. The van der Waals surface area contributed by atoms with Crippen LogP contribution in [0.25, 0.3) is 0 Å². The number of amides is 1. The summed E-state index contributed by atoms with van der Waals surface area (Å²) in [6.45, 7) is 6.02. The molecule has 0 aliphatic heterocycles. The van der Waals surface area contributed by atoms with Gasteiger partial charge < -0.3 is 5.32 Å². The van der Waals surface area contributed by atoms with Gasteiger partial charge in [0.1, 0.15) is 10.8 Å². The standard InChI is InChI=1S/C15H16ClN3O/c1-9-4-5-12(10(2)6-9)11(3)19-15(20)13-7-18-14(16)8-17-13/h4-8,11H,1-3H3,(H,19,20). The summed E-state index contributed by atoms with van der Waals surface area (Å²) < 4.78 is 0. The average Bonchev–Trinajstić information content (AvgIpc) is 2.39. The van der Waals surface area contributed by atoms with Gasteiger partial charge in [0.15, 0.2) is 0 Å². The molecule has 1 heterocycles. The molecule has 0 aliphatic rings. The highest BCUT2D eigenvalue weighted by atomic mass is 35.5. The number of carbonyl (C=O) groups is 1. The Morgan fingerprint density at radius 2 is 2.00 bits per heavy atom. The van der Waals surface area contributed by atoms with E-state index in [9.17, 15) is 4.79 Å². The summed E-state index contributed by atoms with van der Waals surface area (Å²) in [6.07, 6.45) is 2.73. The molecule has 1 N–H and O–H groups in total. The Morgan fingerprint density at radius 1 is 1.25 bits per heavy atom. The van der Waals surface area contributed by atoms with Crippen LogP contribution in [0.2, 0.25) is 5.15 Å². The molecule has 0 bridgehead atoms. The summed E-state index contributed by atoms with van der Waals surface area (Å²) in [5.74, 6) is -0.262. The normalized spacial score (nSPS) is 12.0. The van der Waals surface area contributed by atoms with Crippen LogP contribution in [0.4, 0.5) is 0 Å². The number of benzene rings is 1. The van der Waals surface area contributed by atoms with E-state index < -0.39 is 0 Å². The number of hydrogen-bond donors (Lipinski definition) is 1. The Bertz CT molecular complexity index is 626. The molecule has 1 unspecified atom stereocenters. The zero-order chi connectivity index (χ0) is 14.7. The number of nitrogens with one attached hydrogen (secondary N) is 1. The van der Waals surface area contributed by atoms with Crippen LogP contribution in [0, 0.1) is 13.8 Å². The first-order valence-electron chi connectivity index (χ1n) is 6.33. The minimum Gasteiger partial charge on any atom is -0.344 e. The van der Waals surface area contributed by atoms with Gasteiger partial charge in [0.05, 0.1) is 18.4 Å². The fraction of sp³-hybridized carbons (Fsp3) is 0.267. The third-order valence-electron chi connectivity index (χ3n) is 3.09. The van der Waals surface area contributed by atoms with E-state index in [0.29, 0.717) is 0 Å². The molecule has 1 aromatic heterocycles. The second kappa shape index (κ2) is 6.01. The van der Waals surface area contributed by atoms with Crippen LogP contribution >= 0.6 is 11.6 Å². The van der Waals surface area contributed by atoms with Gasteiger partial charge in [0.2, 0.25) is 0 Å². The zero-order valence-corrected chi connectivity index (χ0v) is 12.4. The third-order valence-corrected chi connectivity index (χ3v) is 3.29. The van der Waals surface area contributed by atoms with Crippen LogP contribution in [-0.4, -0.2) is 15.9 Å². The summed E-state index contributed by atoms with van der Waals surface area (Å²) in [7, 11) is 0. The van der Waals surface area contributed by atoms with Crippen molar-refractivity contribution >= 4 is 17.5 Å². The maximum Gasteiger partial charge on any atom is 0.271 e. The van der Waals surface area contributed by atoms with Crippen molar-refractivity contribution in [3.05, 3.63) is 58.1 Å². The second-order valence-electron chi connectivity index (χ2n) is 4.78. The van der Waals surface area contributed by atoms with Gasteiger partial charge in [-0.1, -0.05) is 35.4 Å². The van der Waals surface area contributed by atoms with Crippen molar-refractivity contribution in [1.29, 1.82) is 0 Å².